The van der Waals surface area contributed by atoms with E-state index in [1.165, 1.54) is 24.5 Å². The topological polar surface area (TPSA) is 73.3 Å². The fraction of sp³-hybridized carbons (Fsp3) is 0.259. The van der Waals surface area contributed by atoms with Gasteiger partial charge in [0.1, 0.15) is 48.4 Å². The van der Waals surface area contributed by atoms with E-state index in [1.807, 2.05) is 4.57 Å². The summed E-state index contributed by atoms with van der Waals surface area (Å²) in [6.45, 7) is 0.549. The molecular formula is C27H24F5N3O3. The van der Waals surface area contributed by atoms with Crippen LogP contribution in [0.15, 0.2) is 59.5 Å². The number of nitrogens with zero attached hydrogens (tertiary/aromatic N) is 3. The maximum Gasteiger partial charge on any atom is 0.416 e. The van der Waals surface area contributed by atoms with Gasteiger partial charge in [-0.3, -0.25) is 0 Å². The van der Waals surface area contributed by atoms with Crippen LogP contribution in [0.1, 0.15) is 46.9 Å². The zero-order valence-corrected chi connectivity index (χ0v) is 20.1. The number of alkyl halides is 3. The van der Waals surface area contributed by atoms with Crippen molar-refractivity contribution in [1.29, 1.82) is 0 Å². The van der Waals surface area contributed by atoms with Crippen LogP contribution in [0.25, 0.3) is 12.2 Å². The van der Waals surface area contributed by atoms with Crippen LogP contribution in [-0.4, -0.2) is 19.6 Å². The molecule has 38 heavy (non-hydrogen) atoms. The molecule has 0 saturated heterocycles. The molecule has 4 rings (SSSR count). The Morgan fingerprint density at radius 3 is 2.61 bits per heavy atom. The van der Waals surface area contributed by atoms with Crippen molar-refractivity contribution in [2.75, 3.05) is 0 Å². The van der Waals surface area contributed by atoms with Gasteiger partial charge in [-0.2, -0.15) is 13.2 Å². The molecule has 6 nitrogen and oxygen atoms in total. The zero-order valence-electron chi connectivity index (χ0n) is 20.1. The standard InChI is InChI=1S/C27H24F5N3O3/c28-23-13-20(27(30,31)32)7-4-19(23)6-9-26-34-21(17-38-26)16-37-22-8-5-18(24(29)14-22)3-1-2-11-35-12-10-33-25(35)15-36/h4-10,12-14,17,36H,1-3,11,15-16H2/b9-6+. The molecule has 0 unspecified atom stereocenters. The third kappa shape index (κ3) is 7.06. The van der Waals surface area contributed by atoms with Crippen LogP contribution in [0.3, 0.4) is 0 Å². The van der Waals surface area contributed by atoms with E-state index < -0.39 is 17.6 Å². The lowest BCUT2D eigenvalue weighted by Crippen LogP contribution is -2.05. The molecule has 0 amide bonds. The van der Waals surface area contributed by atoms with Crippen LogP contribution in [0.5, 0.6) is 5.75 Å². The number of benzene rings is 2. The summed E-state index contributed by atoms with van der Waals surface area (Å²) < 4.78 is 79.2. The van der Waals surface area contributed by atoms with Gasteiger partial charge in [-0.1, -0.05) is 12.1 Å². The van der Waals surface area contributed by atoms with E-state index in [0.29, 0.717) is 41.9 Å². The van der Waals surface area contributed by atoms with Crippen LogP contribution in [0.2, 0.25) is 0 Å². The van der Waals surface area contributed by atoms with Gasteiger partial charge in [0, 0.05) is 36.6 Å². The highest BCUT2D eigenvalue weighted by Gasteiger charge is 2.31. The van der Waals surface area contributed by atoms with Crippen LogP contribution in [0.4, 0.5) is 22.0 Å². The maximum atomic E-state index is 14.5. The first-order valence-corrected chi connectivity index (χ1v) is 11.7. The molecule has 2 heterocycles. The van der Waals surface area contributed by atoms with Gasteiger partial charge in [0.2, 0.25) is 5.89 Å². The largest absolute Gasteiger partial charge is 0.487 e. The number of ether oxygens (including phenoxy) is 1. The van der Waals surface area contributed by atoms with Crippen molar-refractivity contribution in [2.24, 2.45) is 0 Å². The van der Waals surface area contributed by atoms with E-state index >= 15 is 0 Å². The molecule has 2 aromatic carbocycles. The molecule has 0 bridgehead atoms. The van der Waals surface area contributed by atoms with E-state index in [4.69, 9.17) is 9.15 Å². The monoisotopic (exact) mass is 533 g/mol. The summed E-state index contributed by atoms with van der Waals surface area (Å²) >= 11 is 0. The molecule has 0 radical (unpaired) electrons. The lowest BCUT2D eigenvalue weighted by Gasteiger charge is -2.09. The first-order chi connectivity index (χ1) is 18.2. The summed E-state index contributed by atoms with van der Waals surface area (Å²) in [5.41, 5.74) is -0.171. The minimum atomic E-state index is -4.63. The van der Waals surface area contributed by atoms with Gasteiger partial charge in [0.15, 0.2) is 0 Å². The van der Waals surface area contributed by atoms with Crippen molar-refractivity contribution in [1.82, 2.24) is 14.5 Å². The molecule has 4 aromatic rings. The Morgan fingerprint density at radius 2 is 1.87 bits per heavy atom. The van der Waals surface area contributed by atoms with Crippen molar-refractivity contribution < 1.29 is 36.2 Å². The van der Waals surface area contributed by atoms with E-state index in [9.17, 15) is 27.1 Å². The number of hydrogen-bond acceptors (Lipinski definition) is 5. The van der Waals surface area contributed by atoms with Crippen molar-refractivity contribution in [3.05, 3.63) is 101 Å². The van der Waals surface area contributed by atoms with Crippen LogP contribution in [0, 0.1) is 11.6 Å². The Hall–Kier alpha value is -3.99. The lowest BCUT2D eigenvalue weighted by atomic mass is 10.1. The van der Waals surface area contributed by atoms with E-state index in [0.717, 1.165) is 25.0 Å². The highest BCUT2D eigenvalue weighted by molar-refractivity contribution is 5.66. The first-order valence-electron chi connectivity index (χ1n) is 11.7. The second kappa shape index (κ2) is 12.0. The molecule has 200 valence electrons. The average Bonchev–Trinajstić information content (AvgIpc) is 3.54. The number of aliphatic hydroxyl groups excluding tert-OH is 1. The van der Waals surface area contributed by atoms with E-state index in [1.54, 1.807) is 24.5 Å². The third-order valence-corrected chi connectivity index (χ3v) is 5.75. The van der Waals surface area contributed by atoms with Crippen LogP contribution in [-0.2, 0) is 32.4 Å². The molecule has 0 atom stereocenters. The molecule has 0 aliphatic rings. The van der Waals surface area contributed by atoms with Crippen LogP contribution >= 0.6 is 0 Å². The summed E-state index contributed by atoms with van der Waals surface area (Å²) in [5, 5.41) is 9.23. The predicted octanol–water partition coefficient (Wildman–Crippen LogP) is 6.43. The summed E-state index contributed by atoms with van der Waals surface area (Å²) in [4.78, 5) is 8.20. The van der Waals surface area contributed by atoms with Crippen molar-refractivity contribution in [3.8, 4) is 5.75 Å². The third-order valence-electron chi connectivity index (χ3n) is 5.75. The first kappa shape index (κ1) is 27.1. The second-order valence-electron chi connectivity index (χ2n) is 8.44. The molecular weight excluding hydrogens is 509 g/mol. The number of aliphatic hydroxyl groups is 1. The lowest BCUT2D eigenvalue weighted by molar-refractivity contribution is -0.137. The van der Waals surface area contributed by atoms with Gasteiger partial charge in [-0.05, 0) is 49.1 Å². The number of aryl methyl sites for hydroxylation is 2. The quantitative estimate of drug-likeness (QED) is 0.178. The summed E-state index contributed by atoms with van der Waals surface area (Å²) in [6, 6.07) is 6.85. The van der Waals surface area contributed by atoms with Gasteiger partial charge in [-0.25, -0.2) is 18.7 Å². The van der Waals surface area contributed by atoms with Gasteiger partial charge in [0.05, 0.1) is 5.56 Å². The predicted molar refractivity (Wildman–Crippen MR) is 129 cm³/mol. The van der Waals surface area contributed by atoms with Crippen molar-refractivity contribution in [3.63, 3.8) is 0 Å². The Morgan fingerprint density at radius 1 is 1.03 bits per heavy atom. The Labute approximate surface area is 215 Å². The number of oxazole rings is 1. The Bertz CT molecular complexity index is 1390. The smallest absolute Gasteiger partial charge is 0.416 e. The molecule has 1 N–H and O–H groups in total. The molecule has 0 fully saturated rings. The normalized spacial score (nSPS) is 11.9. The number of aromatic nitrogens is 3. The minimum Gasteiger partial charge on any atom is -0.487 e. The summed E-state index contributed by atoms with van der Waals surface area (Å²) in [5.74, 6) is -0.398. The average molecular weight is 533 g/mol. The SMILES string of the molecule is OCc1nccn1CCCCc1ccc(OCc2coc(/C=C/c3ccc(C(F)(F)F)cc3F)n2)cc1F. The molecule has 0 saturated carbocycles. The Balaban J connectivity index is 1.26. The minimum absolute atomic E-state index is 0.0110. The molecule has 0 aliphatic carbocycles. The molecule has 11 heteroatoms. The summed E-state index contributed by atoms with van der Waals surface area (Å²) in [7, 11) is 0. The highest BCUT2D eigenvalue weighted by Crippen LogP contribution is 2.30. The van der Waals surface area contributed by atoms with Gasteiger partial charge >= 0.3 is 6.18 Å². The number of imidazole rings is 1. The van der Waals surface area contributed by atoms with Gasteiger partial charge in [-0.15, -0.1) is 0 Å². The number of hydrogen-bond donors (Lipinski definition) is 1. The highest BCUT2D eigenvalue weighted by atomic mass is 19.4. The van der Waals surface area contributed by atoms with Crippen LogP contribution < -0.4 is 4.74 Å². The Kier molecular flexibility index (Phi) is 8.57. The van der Waals surface area contributed by atoms with Gasteiger partial charge in [0.25, 0.3) is 0 Å². The van der Waals surface area contributed by atoms with E-state index in [2.05, 4.69) is 9.97 Å². The molecule has 0 aliphatic heterocycles. The zero-order chi connectivity index (χ0) is 27.1. The molecule has 2 aromatic heterocycles. The van der Waals surface area contributed by atoms with Crippen molar-refractivity contribution in [2.45, 2.75) is 45.2 Å². The fourth-order valence-corrected chi connectivity index (χ4v) is 3.74. The van der Waals surface area contributed by atoms with Crippen molar-refractivity contribution >= 4 is 12.2 Å². The molecule has 0 spiro atoms. The number of unbranched alkanes of at least 4 members (excludes halogenated alkanes) is 1. The fourth-order valence-electron chi connectivity index (χ4n) is 3.74. The summed E-state index contributed by atoms with van der Waals surface area (Å²) in [6.07, 6.45) is 4.79. The maximum absolute atomic E-state index is 14.5. The number of rotatable bonds is 11. The van der Waals surface area contributed by atoms with Gasteiger partial charge < -0.3 is 18.8 Å². The second-order valence-corrected chi connectivity index (χ2v) is 8.44. The van der Waals surface area contributed by atoms with E-state index in [-0.39, 0.29) is 30.5 Å². The number of halogens is 5.